The van der Waals surface area contributed by atoms with Crippen molar-refractivity contribution in [1.82, 2.24) is 39.6 Å². The number of amides is 4. The van der Waals surface area contributed by atoms with Gasteiger partial charge < -0.3 is 24.9 Å². The third-order valence-electron chi connectivity index (χ3n) is 22.1. The second kappa shape index (κ2) is 47.8. The van der Waals surface area contributed by atoms with Crippen molar-refractivity contribution in [2.45, 2.75) is 138 Å². The molecule has 0 spiro atoms. The summed E-state index contributed by atoms with van der Waals surface area (Å²) in [5.74, 6) is 1.88. The van der Waals surface area contributed by atoms with Gasteiger partial charge in [0.15, 0.2) is 0 Å². The SMILES string of the molecule is CC(C)Cc1ccc(C=O)cc1.CC(C)Cc1ccc(CN(C(=O)/C=C/c2ccc(C(F)(F)F)cc2)[C@@H](Cc2ccccc2)C(=O)N2CCN(Cc3ccccc3)CC2)cc1.CC(C)Cc1ccc(CN[C@@H](Cc2ccccc2)C(=O)N2CCN(Cc3ccccc3)CC2)cc1.C[C@@H](Cc1ccccc1)C(=O)N1CCN(Cc2ccccc2)CC1. The number of nitrogens with one attached hydrogen (secondary N) is 1. The zero-order chi connectivity index (χ0) is 85.0. The third kappa shape index (κ3) is 31.0. The van der Waals surface area contributed by atoms with Gasteiger partial charge in [-0.15, -0.1) is 0 Å². The van der Waals surface area contributed by atoms with Crippen molar-refractivity contribution in [3.8, 4) is 0 Å². The molecule has 1 N–H and O–H groups in total. The van der Waals surface area contributed by atoms with E-state index in [0.29, 0.717) is 61.7 Å². The van der Waals surface area contributed by atoms with Gasteiger partial charge in [0.25, 0.3) is 0 Å². The molecule has 10 aromatic carbocycles. The van der Waals surface area contributed by atoms with Crippen molar-refractivity contribution in [2.75, 3.05) is 78.5 Å². The average molecular weight is 1620 g/mol. The molecule has 3 atom stereocenters. The molecule has 10 aromatic rings. The standard InChI is InChI=1S/C41H44F3N3O2.C31H39N3O.C21H26N2O.C11H14O/c1-31(2)27-34-13-15-36(16-14-34)30-47(39(48)22-19-32-17-20-37(21-18-32)41(42,43)44)38(28-33-9-5-3-6-10-33)40(49)46-25-23-45(24-26-46)29-35-11-7-4-8-12-35;1-25(2)21-27-13-15-28(16-14-27)23-32-30(22-26-9-5-3-6-10-26)31(35)34-19-17-33(18-20-34)24-29-11-7-4-8-12-29;1-18(16-19-8-4-2-5-9-19)21(24)23-14-12-22(13-15-23)17-20-10-6-3-7-11-20;1-9(2)7-10-3-5-11(8-12)6-4-10/h3-22,31,38H,23-30H2,1-2H3;3-16,25,30,32H,17-24H2,1-2H3;2-11,18H,12-17H2,1H3;3-6,8-9H,7H2,1-2H3/b22-19+;;;/t38-;30-;18-;/m000./s1. The Kier molecular flexibility index (Phi) is 36.4. The van der Waals surface area contributed by atoms with Crippen LogP contribution in [0.25, 0.3) is 6.08 Å². The molecule has 3 saturated heterocycles. The van der Waals surface area contributed by atoms with Crippen LogP contribution in [-0.4, -0.2) is 155 Å². The second-order valence-corrected chi connectivity index (χ2v) is 33.4. The van der Waals surface area contributed by atoms with Crippen molar-refractivity contribution < 1.29 is 37.1 Å². The van der Waals surface area contributed by atoms with Gasteiger partial charge in [0.1, 0.15) is 12.3 Å². The molecule has 13 rings (SSSR count). The molecule has 13 nitrogen and oxygen atoms in total. The number of carbonyl (C=O) groups is 5. The molecule has 3 fully saturated rings. The van der Waals surface area contributed by atoms with E-state index >= 15 is 0 Å². The van der Waals surface area contributed by atoms with E-state index in [1.165, 1.54) is 74.4 Å². The first-order valence-electron chi connectivity index (χ1n) is 42.9. The third-order valence-corrected chi connectivity index (χ3v) is 22.1. The summed E-state index contributed by atoms with van der Waals surface area (Å²) in [6.07, 6.45) is 4.26. The Morgan fingerprint density at radius 3 is 1.04 bits per heavy atom. The lowest BCUT2D eigenvalue weighted by Gasteiger charge is -2.39. The zero-order valence-corrected chi connectivity index (χ0v) is 71.3. The summed E-state index contributed by atoms with van der Waals surface area (Å²) in [5.41, 5.74) is 13.7. The highest BCUT2D eigenvalue weighted by Gasteiger charge is 2.36. The molecular weight excluding hydrogens is 1500 g/mol. The van der Waals surface area contributed by atoms with Crippen LogP contribution in [0.1, 0.15) is 131 Å². The Bertz CT molecular complexity index is 4670. The van der Waals surface area contributed by atoms with Gasteiger partial charge in [-0.1, -0.05) is 315 Å². The molecule has 120 heavy (non-hydrogen) atoms. The highest BCUT2D eigenvalue weighted by Crippen LogP contribution is 2.30. The van der Waals surface area contributed by atoms with Crippen LogP contribution in [0, 0.1) is 23.7 Å². The first-order valence-corrected chi connectivity index (χ1v) is 42.9. The van der Waals surface area contributed by atoms with Gasteiger partial charge >= 0.3 is 6.18 Å². The number of alkyl halides is 3. The molecule has 3 heterocycles. The van der Waals surface area contributed by atoms with Crippen molar-refractivity contribution in [3.05, 3.63) is 363 Å². The number of rotatable bonds is 30. The van der Waals surface area contributed by atoms with E-state index in [2.05, 4.69) is 189 Å². The van der Waals surface area contributed by atoms with Gasteiger partial charge in [0.05, 0.1) is 11.6 Å². The number of carbonyl (C=O) groups excluding carboxylic acids is 5. The molecule has 16 heteroatoms. The smallest absolute Gasteiger partial charge is 0.340 e. The van der Waals surface area contributed by atoms with Crippen LogP contribution in [0.2, 0.25) is 0 Å². The minimum atomic E-state index is -4.45. The van der Waals surface area contributed by atoms with Crippen LogP contribution in [-0.2, 0) is 96.6 Å². The van der Waals surface area contributed by atoms with Crippen LogP contribution in [0.4, 0.5) is 13.2 Å². The molecule has 0 aliphatic carbocycles. The maximum Gasteiger partial charge on any atom is 0.416 e. The first-order chi connectivity index (χ1) is 58.0. The monoisotopic (exact) mass is 1620 g/mol. The summed E-state index contributed by atoms with van der Waals surface area (Å²) in [5, 5.41) is 3.59. The Balaban J connectivity index is 0.000000185. The molecule has 3 aliphatic rings. The van der Waals surface area contributed by atoms with E-state index in [9.17, 15) is 37.1 Å². The van der Waals surface area contributed by atoms with Crippen molar-refractivity contribution in [1.29, 1.82) is 0 Å². The lowest BCUT2D eigenvalue weighted by molar-refractivity contribution is -0.145. The van der Waals surface area contributed by atoms with Crippen LogP contribution in [0.15, 0.2) is 285 Å². The Morgan fingerprint density at radius 1 is 0.350 bits per heavy atom. The van der Waals surface area contributed by atoms with Crippen LogP contribution in [0.3, 0.4) is 0 Å². The van der Waals surface area contributed by atoms with Crippen LogP contribution in [0.5, 0.6) is 0 Å². The maximum atomic E-state index is 14.5. The van der Waals surface area contributed by atoms with Gasteiger partial charge in [0, 0.05) is 135 Å². The Morgan fingerprint density at radius 2 is 0.667 bits per heavy atom. The van der Waals surface area contributed by atoms with E-state index < -0.39 is 17.8 Å². The summed E-state index contributed by atoms with van der Waals surface area (Å²) >= 11 is 0. The minimum Gasteiger partial charge on any atom is -0.340 e. The van der Waals surface area contributed by atoms with E-state index in [0.717, 1.165) is 146 Å². The van der Waals surface area contributed by atoms with Crippen molar-refractivity contribution in [3.63, 3.8) is 0 Å². The average Bonchev–Trinajstić information content (AvgIpc) is 0.817. The molecule has 0 aromatic heterocycles. The number of hydrogen-bond donors (Lipinski definition) is 1. The number of aldehydes is 1. The predicted octanol–water partition coefficient (Wildman–Crippen LogP) is 18.7. The maximum absolute atomic E-state index is 14.5. The van der Waals surface area contributed by atoms with Crippen LogP contribution >= 0.6 is 0 Å². The van der Waals surface area contributed by atoms with E-state index in [4.69, 9.17) is 0 Å². The van der Waals surface area contributed by atoms with Crippen molar-refractivity contribution >= 4 is 36.0 Å². The fraction of sp³-hybridized carbons (Fsp3) is 0.356. The zero-order valence-electron chi connectivity index (χ0n) is 71.3. The molecule has 3 aliphatic heterocycles. The van der Waals surface area contributed by atoms with Crippen LogP contribution < -0.4 is 5.32 Å². The molecule has 630 valence electrons. The fourth-order valence-corrected chi connectivity index (χ4v) is 15.5. The second-order valence-electron chi connectivity index (χ2n) is 33.4. The van der Waals surface area contributed by atoms with Gasteiger partial charge in [-0.3, -0.25) is 38.7 Å². The Hall–Kier alpha value is -10.9. The van der Waals surface area contributed by atoms with Crippen molar-refractivity contribution in [2.24, 2.45) is 23.7 Å². The molecular formula is C104H123F3N8O5. The first kappa shape index (κ1) is 91.4. The molecule has 0 bridgehead atoms. The summed E-state index contributed by atoms with van der Waals surface area (Å²) in [6.45, 7) is 28.4. The highest BCUT2D eigenvalue weighted by atomic mass is 19.4. The molecule has 0 saturated carbocycles. The summed E-state index contributed by atoms with van der Waals surface area (Å²) in [4.78, 5) is 80.0. The lowest BCUT2D eigenvalue weighted by atomic mass is 9.99. The van der Waals surface area contributed by atoms with E-state index in [-0.39, 0.29) is 36.2 Å². The molecule has 0 unspecified atom stereocenters. The number of nitrogens with zero attached hydrogens (tertiary/aromatic N) is 7. The number of benzene rings is 10. The van der Waals surface area contributed by atoms with Gasteiger partial charge in [-0.25, -0.2) is 0 Å². The molecule has 0 radical (unpaired) electrons. The summed E-state index contributed by atoms with van der Waals surface area (Å²) < 4.78 is 39.4. The number of piperazine rings is 3. The minimum absolute atomic E-state index is 0.0491. The largest absolute Gasteiger partial charge is 0.416 e. The number of hydrogen-bond acceptors (Lipinski definition) is 9. The van der Waals surface area contributed by atoms with Gasteiger partial charge in [0.2, 0.25) is 23.6 Å². The summed E-state index contributed by atoms with van der Waals surface area (Å²) in [7, 11) is 0. The number of halogens is 3. The topological polar surface area (TPSA) is 120 Å². The predicted molar refractivity (Wildman–Crippen MR) is 480 cm³/mol. The normalized spacial score (nSPS) is 14.9. The highest BCUT2D eigenvalue weighted by molar-refractivity contribution is 5.96. The molecule has 4 amide bonds. The van der Waals surface area contributed by atoms with E-state index in [1.807, 2.05) is 149 Å². The quantitative estimate of drug-likeness (QED) is 0.0347. The lowest BCUT2D eigenvalue weighted by Crippen LogP contribution is -2.56. The fourth-order valence-electron chi connectivity index (χ4n) is 15.5. The van der Waals surface area contributed by atoms with E-state index in [1.54, 1.807) is 4.90 Å². The van der Waals surface area contributed by atoms with Gasteiger partial charge in [-0.2, -0.15) is 13.2 Å². The Labute approximate surface area is 711 Å². The summed E-state index contributed by atoms with van der Waals surface area (Å²) in [6, 6.07) is 90.1. The van der Waals surface area contributed by atoms with Gasteiger partial charge in [-0.05, 0) is 135 Å².